The van der Waals surface area contributed by atoms with Gasteiger partial charge in [-0.1, -0.05) is 36.4 Å². The number of fused-ring (bicyclic) bond motifs is 1. The molecule has 0 unspecified atom stereocenters. The molecular weight excluding hydrogens is 392 g/mol. The van der Waals surface area contributed by atoms with Crippen LogP contribution in [-0.2, 0) is 4.79 Å². The van der Waals surface area contributed by atoms with Crippen LogP contribution in [-0.4, -0.2) is 30.5 Å². The van der Waals surface area contributed by atoms with Crippen molar-refractivity contribution in [2.45, 2.75) is 25.7 Å². The second-order valence-electron chi connectivity index (χ2n) is 7.53. The van der Waals surface area contributed by atoms with Crippen molar-refractivity contribution in [2.75, 3.05) is 0 Å². The van der Waals surface area contributed by atoms with E-state index in [4.69, 9.17) is 5.10 Å². The standard InChI is InChI=1S/C24H20N4O3/c29-21-14-13-18(25-28(21)19-11-5-4-10-17(19)24(30)31)22-20-12-6-7-15-27(20)26-23(22)16-8-2-1-3-9-16/h1-3,6-9,12-15H,4-5,10-11H2,(H,30,31). The lowest BCUT2D eigenvalue weighted by Gasteiger charge is -2.18. The number of nitrogens with zero attached hydrogens (tertiary/aromatic N) is 4. The van der Waals surface area contributed by atoms with Gasteiger partial charge in [0.05, 0.1) is 28.0 Å². The first-order valence-electron chi connectivity index (χ1n) is 10.2. The monoisotopic (exact) mass is 412 g/mol. The van der Waals surface area contributed by atoms with E-state index in [0.717, 1.165) is 35.2 Å². The maximum atomic E-state index is 12.7. The van der Waals surface area contributed by atoms with Crippen LogP contribution in [0.4, 0.5) is 0 Å². The van der Waals surface area contributed by atoms with E-state index in [1.165, 1.54) is 10.7 Å². The first-order chi connectivity index (χ1) is 15.1. The SMILES string of the molecule is O=C(O)C1=C(n2nc(-c3c(-c4ccccc4)nn4ccccc34)ccc2=O)CCCC1. The Morgan fingerprint density at radius 3 is 2.48 bits per heavy atom. The highest BCUT2D eigenvalue weighted by atomic mass is 16.4. The Hall–Kier alpha value is -4.00. The second kappa shape index (κ2) is 7.68. The molecule has 0 spiro atoms. The van der Waals surface area contributed by atoms with Gasteiger partial charge in [-0.3, -0.25) is 4.79 Å². The normalized spacial score (nSPS) is 14.2. The number of benzene rings is 1. The average molecular weight is 412 g/mol. The number of hydrogen-bond donors (Lipinski definition) is 1. The van der Waals surface area contributed by atoms with Crippen molar-refractivity contribution in [1.82, 2.24) is 19.4 Å². The fourth-order valence-electron chi connectivity index (χ4n) is 4.14. The third-order valence-corrected chi connectivity index (χ3v) is 5.60. The maximum Gasteiger partial charge on any atom is 0.333 e. The van der Waals surface area contributed by atoms with Gasteiger partial charge < -0.3 is 5.11 Å². The summed E-state index contributed by atoms with van der Waals surface area (Å²) in [4.78, 5) is 24.4. The van der Waals surface area contributed by atoms with Gasteiger partial charge >= 0.3 is 5.97 Å². The number of carboxylic acids is 1. The molecule has 0 saturated carbocycles. The zero-order chi connectivity index (χ0) is 21.4. The zero-order valence-corrected chi connectivity index (χ0v) is 16.7. The fourth-order valence-corrected chi connectivity index (χ4v) is 4.14. The number of pyridine rings is 1. The lowest BCUT2D eigenvalue weighted by molar-refractivity contribution is -0.132. The predicted octanol–water partition coefficient (Wildman–Crippen LogP) is 4.09. The Balaban J connectivity index is 1.77. The number of aromatic nitrogens is 4. The Bertz CT molecular complexity index is 1380. The molecule has 0 aliphatic heterocycles. The van der Waals surface area contributed by atoms with Crippen LogP contribution >= 0.6 is 0 Å². The van der Waals surface area contributed by atoms with Gasteiger partial charge in [0.1, 0.15) is 5.69 Å². The highest BCUT2D eigenvalue weighted by Crippen LogP contribution is 2.34. The molecule has 1 aliphatic carbocycles. The van der Waals surface area contributed by atoms with Crippen molar-refractivity contribution in [3.8, 4) is 22.5 Å². The minimum absolute atomic E-state index is 0.265. The minimum Gasteiger partial charge on any atom is -0.478 e. The smallest absolute Gasteiger partial charge is 0.333 e. The van der Waals surface area contributed by atoms with E-state index in [1.54, 1.807) is 10.6 Å². The number of aliphatic carboxylic acids is 1. The molecule has 0 amide bonds. The Morgan fingerprint density at radius 2 is 1.68 bits per heavy atom. The second-order valence-corrected chi connectivity index (χ2v) is 7.53. The number of carboxylic acid groups (broad SMARTS) is 1. The lowest BCUT2D eigenvalue weighted by atomic mass is 9.96. The molecule has 31 heavy (non-hydrogen) atoms. The molecule has 7 heteroatoms. The summed E-state index contributed by atoms with van der Waals surface area (Å²) in [5.74, 6) is -0.991. The molecule has 1 N–H and O–H groups in total. The fraction of sp³-hybridized carbons (Fsp3) is 0.167. The van der Waals surface area contributed by atoms with Gasteiger partial charge in [-0.05, 0) is 43.9 Å². The van der Waals surface area contributed by atoms with Gasteiger partial charge in [0.15, 0.2) is 0 Å². The van der Waals surface area contributed by atoms with Gasteiger partial charge in [0, 0.05) is 17.8 Å². The molecule has 5 rings (SSSR count). The molecule has 1 aromatic carbocycles. The van der Waals surface area contributed by atoms with Crippen molar-refractivity contribution >= 4 is 17.2 Å². The summed E-state index contributed by atoms with van der Waals surface area (Å²) in [6, 6.07) is 18.7. The van der Waals surface area contributed by atoms with Gasteiger partial charge in [-0.25, -0.2) is 14.0 Å². The van der Waals surface area contributed by atoms with Crippen LogP contribution < -0.4 is 5.56 Å². The van der Waals surface area contributed by atoms with Crippen LogP contribution in [0, 0.1) is 0 Å². The van der Waals surface area contributed by atoms with E-state index in [-0.39, 0.29) is 11.1 Å². The zero-order valence-electron chi connectivity index (χ0n) is 16.7. The van der Waals surface area contributed by atoms with Crippen molar-refractivity contribution in [2.24, 2.45) is 0 Å². The molecular formula is C24H20N4O3. The van der Waals surface area contributed by atoms with Crippen LogP contribution in [0.15, 0.2) is 77.2 Å². The first-order valence-corrected chi connectivity index (χ1v) is 10.2. The summed E-state index contributed by atoms with van der Waals surface area (Å²) in [7, 11) is 0. The van der Waals surface area contributed by atoms with Crippen LogP contribution in [0.25, 0.3) is 33.7 Å². The van der Waals surface area contributed by atoms with Crippen LogP contribution in [0.3, 0.4) is 0 Å². The van der Waals surface area contributed by atoms with Crippen LogP contribution in [0.1, 0.15) is 25.7 Å². The maximum absolute atomic E-state index is 12.7. The van der Waals surface area contributed by atoms with E-state index < -0.39 is 5.97 Å². The highest BCUT2D eigenvalue weighted by molar-refractivity contribution is 5.94. The molecule has 0 saturated heterocycles. The van der Waals surface area contributed by atoms with E-state index in [9.17, 15) is 14.7 Å². The minimum atomic E-state index is -0.991. The molecule has 4 aromatic rings. The van der Waals surface area contributed by atoms with E-state index >= 15 is 0 Å². The number of carbonyl (C=O) groups is 1. The summed E-state index contributed by atoms with van der Waals surface area (Å²) in [6.07, 6.45) is 4.45. The molecule has 3 heterocycles. The molecule has 154 valence electrons. The summed E-state index contributed by atoms with van der Waals surface area (Å²) in [5.41, 5.74) is 4.32. The molecule has 7 nitrogen and oxygen atoms in total. The highest BCUT2D eigenvalue weighted by Gasteiger charge is 2.23. The van der Waals surface area contributed by atoms with Gasteiger partial charge in [-0.2, -0.15) is 10.2 Å². The summed E-state index contributed by atoms with van der Waals surface area (Å²) in [6.45, 7) is 0. The summed E-state index contributed by atoms with van der Waals surface area (Å²) < 4.78 is 3.05. The van der Waals surface area contributed by atoms with Gasteiger partial charge in [-0.15, -0.1) is 0 Å². The third kappa shape index (κ3) is 3.34. The number of rotatable bonds is 4. The molecule has 0 fully saturated rings. The van der Waals surface area contributed by atoms with E-state index in [2.05, 4.69) is 5.10 Å². The molecule has 3 aromatic heterocycles. The average Bonchev–Trinajstić information content (AvgIpc) is 3.20. The van der Waals surface area contributed by atoms with Crippen molar-refractivity contribution < 1.29 is 9.90 Å². The summed E-state index contributed by atoms with van der Waals surface area (Å²) >= 11 is 0. The number of hydrogen-bond acceptors (Lipinski definition) is 4. The Kier molecular flexibility index (Phi) is 4.71. The largest absolute Gasteiger partial charge is 0.478 e. The molecule has 0 bridgehead atoms. The molecule has 0 radical (unpaired) electrons. The van der Waals surface area contributed by atoms with Crippen LogP contribution in [0.2, 0.25) is 0 Å². The predicted molar refractivity (Wildman–Crippen MR) is 117 cm³/mol. The van der Waals surface area contributed by atoms with E-state index in [1.807, 2.05) is 54.7 Å². The Morgan fingerprint density at radius 1 is 0.903 bits per heavy atom. The van der Waals surface area contributed by atoms with Crippen molar-refractivity contribution in [1.29, 1.82) is 0 Å². The Labute approximate surface area is 177 Å². The molecule has 0 atom stereocenters. The quantitative estimate of drug-likeness (QED) is 0.545. The number of allylic oxidation sites excluding steroid dienone is 1. The van der Waals surface area contributed by atoms with Gasteiger partial charge in [0.25, 0.3) is 5.56 Å². The first kappa shape index (κ1) is 19.0. The van der Waals surface area contributed by atoms with Gasteiger partial charge in [0.2, 0.25) is 0 Å². The van der Waals surface area contributed by atoms with Crippen molar-refractivity contribution in [3.05, 3.63) is 82.8 Å². The summed E-state index contributed by atoms with van der Waals surface area (Å²) in [5, 5.41) is 19.0. The van der Waals surface area contributed by atoms with Crippen LogP contribution in [0.5, 0.6) is 0 Å². The van der Waals surface area contributed by atoms with E-state index in [0.29, 0.717) is 24.2 Å². The third-order valence-electron chi connectivity index (χ3n) is 5.60. The lowest BCUT2D eigenvalue weighted by Crippen LogP contribution is -2.25. The van der Waals surface area contributed by atoms with Crippen molar-refractivity contribution in [3.63, 3.8) is 0 Å². The topological polar surface area (TPSA) is 89.5 Å². The molecule has 1 aliphatic rings.